The summed E-state index contributed by atoms with van der Waals surface area (Å²) in [5.41, 5.74) is 3.91. The largest absolute Gasteiger partial charge is 0.350 e. The maximum atomic E-state index is 14.0. The molecule has 0 aliphatic rings. The van der Waals surface area contributed by atoms with Gasteiger partial charge in [-0.3, -0.25) is 9.59 Å². The van der Waals surface area contributed by atoms with Crippen molar-refractivity contribution < 1.29 is 9.59 Å². The Labute approximate surface area is 226 Å². The lowest BCUT2D eigenvalue weighted by Gasteiger charge is -2.34. The van der Waals surface area contributed by atoms with Gasteiger partial charge in [0.25, 0.3) is 0 Å². The predicted molar refractivity (Wildman–Crippen MR) is 156 cm³/mol. The highest BCUT2D eigenvalue weighted by atomic mass is 16.2. The van der Waals surface area contributed by atoms with Crippen LogP contribution in [0.1, 0.15) is 49.4 Å². The van der Waals surface area contributed by atoms with Crippen LogP contribution in [-0.2, 0) is 29.0 Å². The van der Waals surface area contributed by atoms with Crippen molar-refractivity contribution in [2.75, 3.05) is 0 Å². The number of nitrogens with one attached hydrogen (secondary N) is 1. The van der Waals surface area contributed by atoms with Crippen LogP contribution in [0.2, 0.25) is 0 Å². The van der Waals surface area contributed by atoms with E-state index in [2.05, 4.69) is 42.6 Å². The molecule has 0 aliphatic heterocycles. The van der Waals surface area contributed by atoms with E-state index < -0.39 is 11.6 Å². The third kappa shape index (κ3) is 7.10. The highest BCUT2D eigenvalue weighted by molar-refractivity contribution is 5.89. The Morgan fingerprint density at radius 3 is 2.16 bits per heavy atom. The van der Waals surface area contributed by atoms with E-state index in [0.717, 1.165) is 22.3 Å². The molecule has 0 heterocycles. The quantitative estimate of drug-likeness (QED) is 0.277. The smallest absolute Gasteiger partial charge is 0.243 e. The van der Waals surface area contributed by atoms with Crippen molar-refractivity contribution in [1.82, 2.24) is 10.2 Å². The molecule has 1 atom stereocenters. The SMILES string of the molecule is Cc1ccccc1CN(C(=O)CCc1cccc2ccccc12)[C@@H](Cc1ccccc1)C(=O)NC(C)(C)C. The van der Waals surface area contributed by atoms with Crippen LogP contribution in [0.15, 0.2) is 97.1 Å². The maximum absolute atomic E-state index is 14.0. The molecule has 4 nitrogen and oxygen atoms in total. The van der Waals surface area contributed by atoms with E-state index in [1.54, 1.807) is 4.90 Å². The van der Waals surface area contributed by atoms with Crippen molar-refractivity contribution in [3.05, 3.63) is 119 Å². The lowest BCUT2D eigenvalue weighted by Crippen LogP contribution is -2.54. The van der Waals surface area contributed by atoms with Gasteiger partial charge in [-0.05, 0) is 67.1 Å². The van der Waals surface area contributed by atoms with Gasteiger partial charge in [-0.25, -0.2) is 0 Å². The number of rotatable bonds is 9. The van der Waals surface area contributed by atoms with E-state index in [4.69, 9.17) is 0 Å². The predicted octanol–water partition coefficient (Wildman–Crippen LogP) is 6.64. The molecule has 196 valence electrons. The Kier molecular flexibility index (Phi) is 8.62. The number of hydrogen-bond acceptors (Lipinski definition) is 2. The summed E-state index contributed by atoms with van der Waals surface area (Å²) < 4.78 is 0. The van der Waals surface area contributed by atoms with Crippen LogP contribution in [0.4, 0.5) is 0 Å². The zero-order chi connectivity index (χ0) is 27.1. The summed E-state index contributed by atoms with van der Waals surface area (Å²) in [6.07, 6.45) is 1.39. The minimum atomic E-state index is -0.628. The van der Waals surface area contributed by atoms with Gasteiger partial charge in [-0.1, -0.05) is 97.1 Å². The fourth-order valence-corrected chi connectivity index (χ4v) is 4.87. The van der Waals surface area contributed by atoms with E-state index in [0.29, 0.717) is 25.8 Å². The monoisotopic (exact) mass is 506 g/mol. The Morgan fingerprint density at radius 2 is 1.42 bits per heavy atom. The highest BCUT2D eigenvalue weighted by Crippen LogP contribution is 2.22. The average molecular weight is 507 g/mol. The van der Waals surface area contributed by atoms with Crippen molar-refractivity contribution in [3.8, 4) is 0 Å². The minimum absolute atomic E-state index is 0.0221. The minimum Gasteiger partial charge on any atom is -0.350 e. The molecule has 2 amide bonds. The van der Waals surface area contributed by atoms with Crippen molar-refractivity contribution >= 4 is 22.6 Å². The van der Waals surface area contributed by atoms with Crippen LogP contribution < -0.4 is 5.32 Å². The molecular formula is C34H38N2O2. The van der Waals surface area contributed by atoms with Crippen LogP contribution in [0.25, 0.3) is 10.8 Å². The molecule has 0 saturated carbocycles. The van der Waals surface area contributed by atoms with E-state index >= 15 is 0 Å². The topological polar surface area (TPSA) is 49.4 Å². The first-order valence-electron chi connectivity index (χ1n) is 13.4. The molecule has 4 aromatic rings. The lowest BCUT2D eigenvalue weighted by atomic mass is 9.98. The summed E-state index contributed by atoms with van der Waals surface area (Å²) >= 11 is 0. The van der Waals surface area contributed by atoms with Gasteiger partial charge in [0.15, 0.2) is 0 Å². The van der Waals surface area contributed by atoms with E-state index in [1.165, 1.54) is 10.8 Å². The maximum Gasteiger partial charge on any atom is 0.243 e. The number of carbonyl (C=O) groups is 2. The molecular weight excluding hydrogens is 468 g/mol. The van der Waals surface area contributed by atoms with Crippen molar-refractivity contribution in [3.63, 3.8) is 0 Å². The molecule has 0 radical (unpaired) electrons. The van der Waals surface area contributed by atoms with Crippen LogP contribution in [-0.4, -0.2) is 28.3 Å². The number of benzene rings is 4. The van der Waals surface area contributed by atoms with E-state index in [-0.39, 0.29) is 11.8 Å². The number of aryl methyl sites for hydroxylation is 2. The Morgan fingerprint density at radius 1 is 0.789 bits per heavy atom. The Balaban J connectivity index is 1.67. The van der Waals surface area contributed by atoms with Gasteiger partial charge in [-0.2, -0.15) is 0 Å². The zero-order valence-corrected chi connectivity index (χ0v) is 22.9. The molecule has 0 aromatic heterocycles. The second-order valence-electron chi connectivity index (χ2n) is 11.0. The number of fused-ring (bicyclic) bond motifs is 1. The first-order chi connectivity index (χ1) is 18.2. The third-order valence-electron chi connectivity index (χ3n) is 6.86. The molecule has 0 bridgehead atoms. The van der Waals surface area contributed by atoms with E-state index in [9.17, 15) is 9.59 Å². The van der Waals surface area contributed by atoms with E-state index in [1.807, 2.05) is 87.5 Å². The second kappa shape index (κ2) is 12.1. The van der Waals surface area contributed by atoms with Crippen molar-refractivity contribution in [2.45, 2.75) is 65.1 Å². The van der Waals surface area contributed by atoms with Crippen LogP contribution in [0.3, 0.4) is 0 Å². The fourth-order valence-electron chi connectivity index (χ4n) is 4.87. The van der Waals surface area contributed by atoms with Gasteiger partial charge in [0.05, 0.1) is 0 Å². The summed E-state index contributed by atoms with van der Waals surface area (Å²) in [7, 11) is 0. The second-order valence-corrected chi connectivity index (χ2v) is 11.0. The summed E-state index contributed by atoms with van der Waals surface area (Å²) in [6, 6.07) is 31.9. The number of nitrogens with zero attached hydrogens (tertiary/aromatic N) is 1. The van der Waals surface area contributed by atoms with Crippen LogP contribution in [0, 0.1) is 6.92 Å². The summed E-state index contributed by atoms with van der Waals surface area (Å²) in [6.45, 7) is 8.35. The highest BCUT2D eigenvalue weighted by Gasteiger charge is 2.32. The Hall–Kier alpha value is -3.92. The van der Waals surface area contributed by atoms with Gasteiger partial charge >= 0.3 is 0 Å². The van der Waals surface area contributed by atoms with Gasteiger partial charge in [-0.15, -0.1) is 0 Å². The standard InChI is InChI=1S/C34H38N2O2/c1-25-13-8-9-17-29(25)24-36(31(33(38)35-34(2,3)4)23-26-14-6-5-7-15-26)32(37)22-21-28-19-12-18-27-16-10-11-20-30(27)28/h5-20,31H,21-24H2,1-4H3,(H,35,38)/t31-/m0/s1. The van der Waals surface area contributed by atoms with Gasteiger partial charge in [0.2, 0.25) is 11.8 Å². The molecule has 4 rings (SSSR count). The first kappa shape index (κ1) is 27.1. The first-order valence-corrected chi connectivity index (χ1v) is 13.4. The normalized spacial score (nSPS) is 12.2. The third-order valence-corrected chi connectivity index (χ3v) is 6.86. The molecule has 0 aliphatic carbocycles. The molecule has 0 spiro atoms. The number of carbonyl (C=O) groups excluding carboxylic acids is 2. The number of amides is 2. The van der Waals surface area contributed by atoms with Gasteiger partial charge in [0, 0.05) is 24.9 Å². The molecule has 0 saturated heterocycles. The summed E-state index contributed by atoms with van der Waals surface area (Å²) in [4.78, 5) is 29.5. The van der Waals surface area contributed by atoms with Crippen molar-refractivity contribution in [2.24, 2.45) is 0 Å². The van der Waals surface area contributed by atoms with Crippen LogP contribution >= 0.6 is 0 Å². The molecule has 1 N–H and O–H groups in total. The molecule has 0 unspecified atom stereocenters. The lowest BCUT2D eigenvalue weighted by molar-refractivity contribution is -0.141. The number of hydrogen-bond donors (Lipinski definition) is 1. The molecule has 0 fully saturated rings. The summed E-state index contributed by atoms with van der Waals surface area (Å²) in [5.74, 6) is -0.153. The Bertz CT molecular complexity index is 1380. The molecule has 38 heavy (non-hydrogen) atoms. The zero-order valence-electron chi connectivity index (χ0n) is 22.9. The van der Waals surface area contributed by atoms with Gasteiger partial charge in [0.1, 0.15) is 6.04 Å². The van der Waals surface area contributed by atoms with Gasteiger partial charge < -0.3 is 10.2 Å². The molecule has 4 heteroatoms. The fraction of sp³-hybridized carbons (Fsp3) is 0.294. The van der Waals surface area contributed by atoms with Crippen LogP contribution in [0.5, 0.6) is 0 Å². The summed E-state index contributed by atoms with van der Waals surface area (Å²) in [5, 5.41) is 5.47. The molecule has 4 aromatic carbocycles. The average Bonchev–Trinajstić information content (AvgIpc) is 2.90. The van der Waals surface area contributed by atoms with Crippen molar-refractivity contribution in [1.29, 1.82) is 0 Å².